The van der Waals surface area contributed by atoms with Gasteiger partial charge in [-0.3, -0.25) is 4.99 Å². The molecule has 1 atom stereocenters. The van der Waals surface area contributed by atoms with Crippen LogP contribution in [0.1, 0.15) is 51.0 Å². The Morgan fingerprint density at radius 2 is 1.88 bits per heavy atom. The zero-order chi connectivity index (χ0) is 12.7. The second-order valence-corrected chi connectivity index (χ2v) is 4.33. The molecule has 0 aliphatic heterocycles. The predicted molar refractivity (Wildman–Crippen MR) is 72.3 cm³/mol. The van der Waals surface area contributed by atoms with Gasteiger partial charge in [0.1, 0.15) is 5.82 Å². The fourth-order valence-corrected chi connectivity index (χ4v) is 2.16. The first kappa shape index (κ1) is 13.9. The first-order valence-electron chi connectivity index (χ1n) is 6.43. The molecule has 1 aromatic carbocycles. The molecule has 0 heterocycles. The summed E-state index contributed by atoms with van der Waals surface area (Å²) in [6.07, 6.45) is 4.41. The fraction of sp³-hybridized carbons (Fsp3) is 0.533. The van der Waals surface area contributed by atoms with Crippen molar-refractivity contribution < 1.29 is 4.39 Å². The molecule has 0 aliphatic rings. The van der Waals surface area contributed by atoms with E-state index in [0.717, 1.165) is 12.8 Å². The van der Waals surface area contributed by atoms with Crippen LogP contribution in [0, 0.1) is 5.82 Å². The summed E-state index contributed by atoms with van der Waals surface area (Å²) in [5.41, 5.74) is 2.41. The Balaban J connectivity index is 2.85. The first-order valence-corrected chi connectivity index (χ1v) is 6.43. The van der Waals surface area contributed by atoms with Crippen LogP contribution < -0.4 is 0 Å². The van der Waals surface area contributed by atoms with Crippen molar-refractivity contribution >= 4 is 5.71 Å². The van der Waals surface area contributed by atoms with Gasteiger partial charge in [-0.1, -0.05) is 32.4 Å². The van der Waals surface area contributed by atoms with Crippen LogP contribution in [0.25, 0.3) is 0 Å². The highest BCUT2D eigenvalue weighted by atomic mass is 19.1. The lowest BCUT2D eigenvalue weighted by molar-refractivity contribution is 0.626. The van der Waals surface area contributed by atoms with E-state index in [1.807, 2.05) is 19.2 Å². The van der Waals surface area contributed by atoms with E-state index in [9.17, 15) is 4.39 Å². The maximum atomic E-state index is 12.9. The highest BCUT2D eigenvalue weighted by Crippen LogP contribution is 2.24. The molecule has 17 heavy (non-hydrogen) atoms. The Morgan fingerprint density at radius 3 is 2.35 bits per heavy atom. The number of hydrogen-bond donors (Lipinski definition) is 0. The van der Waals surface area contributed by atoms with Gasteiger partial charge in [-0.25, -0.2) is 4.39 Å². The van der Waals surface area contributed by atoms with Gasteiger partial charge in [0.15, 0.2) is 0 Å². The summed E-state index contributed by atoms with van der Waals surface area (Å²) in [7, 11) is 1.86. The van der Waals surface area contributed by atoms with Gasteiger partial charge in [-0.2, -0.15) is 0 Å². The van der Waals surface area contributed by atoms with E-state index in [0.29, 0.717) is 5.92 Å². The second-order valence-electron chi connectivity index (χ2n) is 4.33. The summed E-state index contributed by atoms with van der Waals surface area (Å²) in [4.78, 5) is 4.42. The molecule has 0 saturated heterocycles. The molecule has 2 heteroatoms. The zero-order valence-corrected chi connectivity index (χ0v) is 11.0. The van der Waals surface area contributed by atoms with Crippen LogP contribution in [-0.2, 0) is 0 Å². The molecular weight excluding hydrogens is 213 g/mol. The van der Waals surface area contributed by atoms with Crippen LogP contribution in [0.4, 0.5) is 4.39 Å². The second kappa shape index (κ2) is 7.21. The van der Waals surface area contributed by atoms with Gasteiger partial charge in [-0.15, -0.1) is 0 Å². The van der Waals surface area contributed by atoms with E-state index >= 15 is 0 Å². The van der Waals surface area contributed by atoms with Crippen LogP contribution >= 0.6 is 0 Å². The van der Waals surface area contributed by atoms with Crippen LogP contribution in [0.2, 0.25) is 0 Å². The Bertz CT molecular complexity index is 354. The Hall–Kier alpha value is -1.18. The predicted octanol–water partition coefficient (Wildman–Crippen LogP) is 4.58. The lowest BCUT2D eigenvalue weighted by Crippen LogP contribution is -2.12. The van der Waals surface area contributed by atoms with Crippen molar-refractivity contribution in [3.63, 3.8) is 0 Å². The van der Waals surface area contributed by atoms with Gasteiger partial charge < -0.3 is 0 Å². The minimum atomic E-state index is -0.174. The van der Waals surface area contributed by atoms with Crippen molar-refractivity contribution in [2.45, 2.75) is 45.4 Å². The maximum Gasteiger partial charge on any atom is 0.123 e. The SMILES string of the molecule is CCCCC(=NC)C(CC)c1ccc(F)cc1. The van der Waals surface area contributed by atoms with Gasteiger partial charge in [0.25, 0.3) is 0 Å². The topological polar surface area (TPSA) is 12.4 Å². The minimum Gasteiger partial charge on any atom is -0.297 e. The van der Waals surface area contributed by atoms with Gasteiger partial charge in [0, 0.05) is 18.7 Å². The molecule has 1 aromatic rings. The molecule has 0 saturated carbocycles. The van der Waals surface area contributed by atoms with E-state index in [-0.39, 0.29) is 5.82 Å². The first-order chi connectivity index (χ1) is 8.22. The summed E-state index contributed by atoms with van der Waals surface area (Å²) in [6, 6.07) is 6.82. The van der Waals surface area contributed by atoms with E-state index in [4.69, 9.17) is 0 Å². The molecule has 0 fully saturated rings. The van der Waals surface area contributed by atoms with Crippen molar-refractivity contribution in [1.82, 2.24) is 0 Å². The number of hydrogen-bond acceptors (Lipinski definition) is 1. The van der Waals surface area contributed by atoms with Gasteiger partial charge in [-0.05, 0) is 37.0 Å². The summed E-state index contributed by atoms with van der Waals surface area (Å²) < 4.78 is 12.9. The lowest BCUT2D eigenvalue weighted by atomic mass is 9.89. The number of halogens is 1. The maximum absolute atomic E-state index is 12.9. The normalized spacial score (nSPS) is 13.8. The summed E-state index contributed by atoms with van der Waals surface area (Å²) >= 11 is 0. The van der Waals surface area contributed by atoms with Crippen molar-refractivity contribution in [3.05, 3.63) is 35.6 Å². The zero-order valence-electron chi connectivity index (χ0n) is 11.0. The third kappa shape index (κ3) is 3.95. The molecule has 1 unspecified atom stereocenters. The molecular formula is C15H22FN. The largest absolute Gasteiger partial charge is 0.297 e. The molecule has 0 spiro atoms. The monoisotopic (exact) mass is 235 g/mol. The summed E-state index contributed by atoms with van der Waals surface area (Å²) in [5, 5.41) is 0. The number of nitrogens with zero attached hydrogens (tertiary/aromatic N) is 1. The molecule has 0 N–H and O–H groups in total. The fourth-order valence-electron chi connectivity index (χ4n) is 2.16. The van der Waals surface area contributed by atoms with E-state index < -0.39 is 0 Å². The number of rotatable bonds is 6. The van der Waals surface area contributed by atoms with E-state index in [2.05, 4.69) is 18.8 Å². The van der Waals surface area contributed by atoms with Gasteiger partial charge in [0.05, 0.1) is 0 Å². The van der Waals surface area contributed by atoms with Crippen molar-refractivity contribution in [3.8, 4) is 0 Å². The highest BCUT2D eigenvalue weighted by Gasteiger charge is 2.15. The molecule has 1 nitrogen and oxygen atoms in total. The van der Waals surface area contributed by atoms with Crippen LogP contribution in [0.5, 0.6) is 0 Å². The van der Waals surface area contributed by atoms with Crippen LogP contribution in [0.3, 0.4) is 0 Å². The number of benzene rings is 1. The quantitative estimate of drug-likeness (QED) is 0.640. The lowest BCUT2D eigenvalue weighted by Gasteiger charge is -2.18. The Labute approximate surface area is 104 Å². The molecule has 0 amide bonds. The smallest absolute Gasteiger partial charge is 0.123 e. The molecule has 1 rings (SSSR count). The molecule has 0 radical (unpaired) electrons. The Kier molecular flexibility index (Phi) is 5.88. The number of aliphatic imine (C=N–C) groups is 1. The van der Waals surface area contributed by atoms with Crippen molar-refractivity contribution in [2.75, 3.05) is 7.05 Å². The van der Waals surface area contributed by atoms with Crippen molar-refractivity contribution in [1.29, 1.82) is 0 Å². The average molecular weight is 235 g/mol. The average Bonchev–Trinajstić information content (AvgIpc) is 2.36. The third-order valence-corrected chi connectivity index (χ3v) is 3.16. The van der Waals surface area contributed by atoms with Crippen LogP contribution in [-0.4, -0.2) is 12.8 Å². The molecule has 0 bridgehead atoms. The summed E-state index contributed by atoms with van der Waals surface area (Å²) in [5.74, 6) is 0.166. The minimum absolute atomic E-state index is 0.174. The highest BCUT2D eigenvalue weighted by molar-refractivity contribution is 5.90. The molecule has 94 valence electrons. The Morgan fingerprint density at radius 1 is 1.24 bits per heavy atom. The van der Waals surface area contributed by atoms with Crippen molar-refractivity contribution in [2.24, 2.45) is 4.99 Å². The molecule has 0 aliphatic carbocycles. The van der Waals surface area contributed by atoms with Crippen LogP contribution in [0.15, 0.2) is 29.3 Å². The van der Waals surface area contributed by atoms with E-state index in [1.165, 1.54) is 36.2 Å². The van der Waals surface area contributed by atoms with Gasteiger partial charge >= 0.3 is 0 Å². The third-order valence-electron chi connectivity index (χ3n) is 3.16. The summed E-state index contributed by atoms with van der Waals surface area (Å²) in [6.45, 7) is 4.34. The van der Waals surface area contributed by atoms with E-state index in [1.54, 1.807) is 0 Å². The van der Waals surface area contributed by atoms with Gasteiger partial charge in [0.2, 0.25) is 0 Å². The standard InChI is InChI=1S/C15H22FN/c1-4-6-7-15(17-3)14(5-2)12-8-10-13(16)11-9-12/h8-11,14H,4-7H2,1-3H3. The number of unbranched alkanes of at least 4 members (excludes halogenated alkanes) is 1. The molecule has 0 aromatic heterocycles.